The Balaban J connectivity index is 1.49. The summed E-state index contributed by atoms with van der Waals surface area (Å²) in [6.07, 6.45) is 0. The SMILES string of the molecule is O=C(CSc1ccc(NC(=O)c2ccc(F)cc2)cc1)Nc1ccc(Cl)cc1. The predicted molar refractivity (Wildman–Crippen MR) is 112 cm³/mol. The Kier molecular flexibility index (Phi) is 6.68. The minimum Gasteiger partial charge on any atom is -0.325 e. The van der Waals surface area contributed by atoms with Gasteiger partial charge in [0.15, 0.2) is 0 Å². The summed E-state index contributed by atoms with van der Waals surface area (Å²) in [6, 6.07) is 19.4. The average molecular weight is 415 g/mol. The van der Waals surface area contributed by atoms with E-state index in [1.165, 1.54) is 36.0 Å². The van der Waals surface area contributed by atoms with E-state index in [0.29, 0.717) is 22.0 Å². The number of thioether (sulfide) groups is 1. The lowest BCUT2D eigenvalue weighted by molar-refractivity contribution is -0.113. The summed E-state index contributed by atoms with van der Waals surface area (Å²) in [4.78, 5) is 25.0. The first-order valence-corrected chi connectivity index (χ1v) is 9.71. The van der Waals surface area contributed by atoms with Crippen molar-refractivity contribution in [1.29, 1.82) is 0 Å². The molecule has 0 heterocycles. The van der Waals surface area contributed by atoms with Gasteiger partial charge in [-0.2, -0.15) is 0 Å². The molecule has 0 spiro atoms. The van der Waals surface area contributed by atoms with E-state index in [2.05, 4.69) is 10.6 Å². The molecule has 7 heteroatoms. The third-order valence-corrected chi connectivity index (χ3v) is 4.98. The molecule has 0 bridgehead atoms. The molecule has 0 saturated heterocycles. The minimum absolute atomic E-state index is 0.124. The standard InChI is InChI=1S/C21H16ClFN2O2S/c22-15-3-7-17(8-4-15)24-20(26)13-28-19-11-9-18(10-12-19)25-21(27)14-1-5-16(23)6-2-14/h1-12H,13H2,(H,24,26)(H,25,27). The molecule has 0 aliphatic heterocycles. The van der Waals surface area contributed by atoms with Crippen molar-refractivity contribution in [2.75, 3.05) is 16.4 Å². The van der Waals surface area contributed by atoms with Crippen LogP contribution in [-0.2, 0) is 4.79 Å². The normalized spacial score (nSPS) is 10.4. The van der Waals surface area contributed by atoms with Crippen LogP contribution in [0.5, 0.6) is 0 Å². The van der Waals surface area contributed by atoms with Crippen LogP contribution in [0.25, 0.3) is 0 Å². The van der Waals surface area contributed by atoms with Crippen molar-refractivity contribution in [2.24, 2.45) is 0 Å². The van der Waals surface area contributed by atoms with E-state index in [1.807, 2.05) is 12.1 Å². The van der Waals surface area contributed by atoms with E-state index in [9.17, 15) is 14.0 Å². The molecule has 0 aliphatic carbocycles. The zero-order valence-electron chi connectivity index (χ0n) is 14.6. The molecule has 0 saturated carbocycles. The maximum atomic E-state index is 12.9. The van der Waals surface area contributed by atoms with Gasteiger partial charge in [0.05, 0.1) is 5.75 Å². The predicted octanol–water partition coefficient (Wildman–Crippen LogP) is 5.46. The molecule has 0 radical (unpaired) electrons. The monoisotopic (exact) mass is 414 g/mol. The Labute approximate surface area is 171 Å². The van der Waals surface area contributed by atoms with Crippen molar-refractivity contribution in [1.82, 2.24) is 0 Å². The Morgan fingerprint density at radius 2 is 1.39 bits per heavy atom. The van der Waals surface area contributed by atoms with Crippen LogP contribution < -0.4 is 10.6 Å². The first-order valence-electron chi connectivity index (χ1n) is 8.35. The van der Waals surface area contributed by atoms with E-state index in [4.69, 9.17) is 11.6 Å². The van der Waals surface area contributed by atoms with Gasteiger partial charge in [-0.1, -0.05) is 11.6 Å². The second-order valence-electron chi connectivity index (χ2n) is 5.83. The smallest absolute Gasteiger partial charge is 0.255 e. The Morgan fingerprint density at radius 1 is 0.821 bits per heavy atom. The maximum Gasteiger partial charge on any atom is 0.255 e. The Hall–Kier alpha value is -2.83. The molecule has 0 aromatic heterocycles. The highest BCUT2D eigenvalue weighted by atomic mass is 35.5. The summed E-state index contributed by atoms with van der Waals surface area (Å²) in [5, 5.41) is 6.15. The summed E-state index contributed by atoms with van der Waals surface area (Å²) < 4.78 is 12.9. The minimum atomic E-state index is -0.391. The number of hydrogen-bond donors (Lipinski definition) is 2. The molecule has 3 aromatic carbocycles. The van der Waals surface area contributed by atoms with Crippen molar-refractivity contribution in [3.8, 4) is 0 Å². The van der Waals surface area contributed by atoms with Gasteiger partial charge in [-0.25, -0.2) is 4.39 Å². The number of benzene rings is 3. The van der Waals surface area contributed by atoms with E-state index >= 15 is 0 Å². The lowest BCUT2D eigenvalue weighted by atomic mass is 10.2. The van der Waals surface area contributed by atoms with Gasteiger partial charge in [-0.3, -0.25) is 9.59 Å². The number of anilines is 2. The van der Waals surface area contributed by atoms with Crippen LogP contribution in [0.2, 0.25) is 5.02 Å². The molecule has 4 nitrogen and oxygen atoms in total. The van der Waals surface area contributed by atoms with Crippen molar-refractivity contribution in [2.45, 2.75) is 4.90 Å². The molecule has 0 atom stereocenters. The largest absolute Gasteiger partial charge is 0.325 e. The highest BCUT2D eigenvalue weighted by molar-refractivity contribution is 8.00. The van der Waals surface area contributed by atoms with Crippen molar-refractivity contribution in [3.05, 3.63) is 89.2 Å². The van der Waals surface area contributed by atoms with Gasteiger partial charge >= 0.3 is 0 Å². The van der Waals surface area contributed by atoms with Crippen LogP contribution in [0.1, 0.15) is 10.4 Å². The fourth-order valence-electron chi connectivity index (χ4n) is 2.32. The second kappa shape index (κ2) is 9.39. The number of carbonyl (C=O) groups excluding carboxylic acids is 2. The number of amides is 2. The highest BCUT2D eigenvalue weighted by Crippen LogP contribution is 2.21. The van der Waals surface area contributed by atoms with Gasteiger partial charge in [-0.05, 0) is 72.8 Å². The zero-order valence-corrected chi connectivity index (χ0v) is 16.2. The topological polar surface area (TPSA) is 58.2 Å². The highest BCUT2D eigenvalue weighted by Gasteiger charge is 2.07. The fraction of sp³-hybridized carbons (Fsp3) is 0.0476. The van der Waals surface area contributed by atoms with Crippen LogP contribution in [-0.4, -0.2) is 17.6 Å². The summed E-state index contributed by atoms with van der Waals surface area (Å²) in [5.74, 6) is -0.578. The first-order chi connectivity index (χ1) is 13.5. The summed E-state index contributed by atoms with van der Waals surface area (Å²) >= 11 is 7.20. The lowest BCUT2D eigenvalue weighted by Gasteiger charge is -2.07. The molecule has 0 fully saturated rings. The third kappa shape index (κ3) is 5.84. The second-order valence-corrected chi connectivity index (χ2v) is 7.31. The van der Waals surface area contributed by atoms with Crippen LogP contribution in [0.4, 0.5) is 15.8 Å². The average Bonchev–Trinajstić information content (AvgIpc) is 2.70. The van der Waals surface area contributed by atoms with E-state index < -0.39 is 5.82 Å². The van der Waals surface area contributed by atoms with Crippen LogP contribution in [0, 0.1) is 5.82 Å². The number of nitrogens with one attached hydrogen (secondary N) is 2. The van der Waals surface area contributed by atoms with Crippen LogP contribution in [0.15, 0.2) is 77.7 Å². The summed E-state index contributed by atoms with van der Waals surface area (Å²) in [6.45, 7) is 0. The van der Waals surface area contributed by atoms with Crippen LogP contribution in [0.3, 0.4) is 0 Å². The molecular formula is C21H16ClFN2O2S. The molecule has 2 N–H and O–H groups in total. The number of carbonyl (C=O) groups is 2. The lowest BCUT2D eigenvalue weighted by Crippen LogP contribution is -2.13. The molecule has 0 unspecified atom stereocenters. The summed E-state index contributed by atoms with van der Waals surface area (Å²) in [7, 11) is 0. The maximum absolute atomic E-state index is 12.9. The molecule has 3 aromatic rings. The van der Waals surface area contributed by atoms with Crippen molar-refractivity contribution >= 4 is 46.6 Å². The van der Waals surface area contributed by atoms with Gasteiger partial charge in [-0.15, -0.1) is 11.8 Å². The number of rotatable bonds is 6. The molecule has 2 amide bonds. The molecule has 0 aliphatic rings. The van der Waals surface area contributed by atoms with Gasteiger partial charge in [0.2, 0.25) is 5.91 Å². The van der Waals surface area contributed by atoms with E-state index in [1.54, 1.807) is 36.4 Å². The fourth-order valence-corrected chi connectivity index (χ4v) is 3.14. The Bertz CT molecular complexity index is 961. The van der Waals surface area contributed by atoms with Gasteiger partial charge < -0.3 is 10.6 Å². The molecular weight excluding hydrogens is 399 g/mol. The number of halogens is 2. The zero-order chi connectivity index (χ0) is 19.9. The molecule has 28 heavy (non-hydrogen) atoms. The Morgan fingerprint density at radius 3 is 2.04 bits per heavy atom. The number of hydrogen-bond acceptors (Lipinski definition) is 3. The first kappa shape index (κ1) is 19.9. The van der Waals surface area contributed by atoms with Crippen molar-refractivity contribution < 1.29 is 14.0 Å². The van der Waals surface area contributed by atoms with Gasteiger partial charge in [0.1, 0.15) is 5.82 Å². The van der Waals surface area contributed by atoms with Crippen LogP contribution >= 0.6 is 23.4 Å². The van der Waals surface area contributed by atoms with E-state index in [0.717, 1.165) is 4.90 Å². The third-order valence-electron chi connectivity index (χ3n) is 3.72. The summed E-state index contributed by atoms with van der Waals surface area (Å²) in [5.41, 5.74) is 1.68. The molecule has 142 valence electrons. The molecule has 3 rings (SSSR count). The van der Waals surface area contributed by atoms with Crippen molar-refractivity contribution in [3.63, 3.8) is 0 Å². The van der Waals surface area contributed by atoms with Gasteiger partial charge in [0.25, 0.3) is 5.91 Å². The quantitative estimate of drug-likeness (QED) is 0.526. The van der Waals surface area contributed by atoms with Gasteiger partial charge in [0, 0.05) is 26.9 Å². The van der Waals surface area contributed by atoms with E-state index in [-0.39, 0.29) is 17.6 Å².